The van der Waals surface area contributed by atoms with Gasteiger partial charge >= 0.3 is 0 Å². The normalized spacial score (nSPS) is 19.3. The van der Waals surface area contributed by atoms with Gasteiger partial charge in [-0.25, -0.2) is 0 Å². The Hall–Kier alpha value is -1.40. The number of likely N-dealkylation sites (tertiary alicyclic amines) is 1. The van der Waals surface area contributed by atoms with Gasteiger partial charge < -0.3 is 15.3 Å². The van der Waals surface area contributed by atoms with Crippen molar-refractivity contribution in [1.29, 1.82) is 0 Å². The minimum absolute atomic E-state index is 0.0470. The molecule has 0 atom stereocenters. The molecule has 22 heavy (non-hydrogen) atoms. The predicted octanol–water partition coefficient (Wildman–Crippen LogP) is 2.25. The predicted molar refractivity (Wildman–Crippen MR) is 86.1 cm³/mol. The van der Waals surface area contributed by atoms with Crippen LogP contribution in [-0.4, -0.2) is 41.5 Å². The minimum atomic E-state index is 0.0470. The van der Waals surface area contributed by atoms with Gasteiger partial charge in [-0.2, -0.15) is 0 Å². The largest absolute Gasteiger partial charge is 0.396 e. The number of hydrogen-bond acceptors (Lipinski definition) is 4. The van der Waals surface area contributed by atoms with Crippen molar-refractivity contribution in [1.82, 2.24) is 4.90 Å². The summed E-state index contributed by atoms with van der Waals surface area (Å²) in [6, 6.07) is 1.89. The molecule has 0 radical (unpaired) electrons. The summed E-state index contributed by atoms with van der Waals surface area (Å²) in [5, 5.41) is 12.9. The molecule has 1 aromatic heterocycles. The first-order valence-electron chi connectivity index (χ1n) is 7.90. The summed E-state index contributed by atoms with van der Waals surface area (Å²) in [4.78, 5) is 27.0. The number of carbonyl (C=O) groups excluding carboxylic acids is 2. The van der Waals surface area contributed by atoms with Gasteiger partial charge in [0.25, 0.3) is 5.91 Å². The number of thiophene rings is 1. The molecule has 2 amide bonds. The lowest BCUT2D eigenvalue weighted by atomic mass is 9.98. The molecule has 2 heterocycles. The molecular formula is C16H22N2O3S. The topological polar surface area (TPSA) is 69.6 Å². The van der Waals surface area contributed by atoms with E-state index in [-0.39, 0.29) is 24.3 Å². The van der Waals surface area contributed by atoms with Crippen LogP contribution in [0.25, 0.3) is 0 Å². The summed E-state index contributed by atoms with van der Waals surface area (Å²) < 4.78 is 0. The Balaban J connectivity index is 1.64. The Morgan fingerprint density at radius 3 is 2.59 bits per heavy atom. The van der Waals surface area contributed by atoms with Crippen LogP contribution in [0.15, 0.2) is 6.07 Å². The molecule has 1 aliphatic carbocycles. The highest BCUT2D eigenvalue weighted by molar-refractivity contribution is 7.18. The van der Waals surface area contributed by atoms with E-state index in [0.717, 1.165) is 36.2 Å². The number of aliphatic hydroxyl groups is 1. The molecule has 0 aromatic carbocycles. The zero-order valence-electron chi connectivity index (χ0n) is 12.8. The lowest BCUT2D eigenvalue weighted by molar-refractivity contribution is -0.117. The smallest absolute Gasteiger partial charge is 0.264 e. The number of aryl methyl sites for hydroxylation is 1. The van der Waals surface area contributed by atoms with Gasteiger partial charge in [0.05, 0.1) is 9.88 Å². The fraction of sp³-hybridized carbons (Fsp3) is 0.625. The van der Waals surface area contributed by atoms with Gasteiger partial charge in [0.1, 0.15) is 0 Å². The Labute approximate surface area is 134 Å². The Morgan fingerprint density at radius 1 is 1.32 bits per heavy atom. The van der Waals surface area contributed by atoms with E-state index in [1.807, 2.05) is 17.9 Å². The number of anilines is 1. The van der Waals surface area contributed by atoms with Gasteiger partial charge in [-0.1, -0.05) is 0 Å². The van der Waals surface area contributed by atoms with Crippen molar-refractivity contribution in [3.8, 4) is 0 Å². The molecule has 1 saturated heterocycles. The van der Waals surface area contributed by atoms with Gasteiger partial charge in [0.2, 0.25) is 5.91 Å². The highest BCUT2D eigenvalue weighted by Gasteiger charge is 2.30. The number of nitrogens with one attached hydrogen (secondary N) is 1. The monoisotopic (exact) mass is 322 g/mol. The summed E-state index contributed by atoms with van der Waals surface area (Å²) in [7, 11) is 0. The van der Waals surface area contributed by atoms with E-state index < -0.39 is 0 Å². The van der Waals surface area contributed by atoms with Crippen molar-refractivity contribution in [2.24, 2.45) is 11.8 Å². The number of aliphatic hydroxyl groups excluding tert-OH is 1. The number of hydrogen-bond donors (Lipinski definition) is 2. The van der Waals surface area contributed by atoms with Crippen molar-refractivity contribution in [2.75, 3.05) is 25.0 Å². The summed E-state index contributed by atoms with van der Waals surface area (Å²) in [5.74, 6) is 0.607. The molecular weight excluding hydrogens is 300 g/mol. The second-order valence-corrected chi connectivity index (χ2v) is 7.36. The van der Waals surface area contributed by atoms with Crippen LogP contribution in [0.2, 0.25) is 0 Å². The lowest BCUT2D eigenvalue weighted by Crippen LogP contribution is -2.39. The maximum atomic E-state index is 12.6. The SMILES string of the molecule is Cc1cc(NC(=O)C2CC2)sc1C(=O)N1CCC(CO)CC1. The second kappa shape index (κ2) is 6.38. The van der Waals surface area contributed by atoms with E-state index in [0.29, 0.717) is 23.9 Å². The van der Waals surface area contributed by atoms with Gasteiger partial charge in [-0.05, 0) is 50.2 Å². The first-order valence-corrected chi connectivity index (χ1v) is 8.71. The maximum absolute atomic E-state index is 12.6. The number of amides is 2. The summed E-state index contributed by atoms with van der Waals surface area (Å²) in [6.07, 6.45) is 3.67. The van der Waals surface area contributed by atoms with E-state index in [1.54, 1.807) is 0 Å². The molecule has 3 rings (SSSR count). The zero-order valence-corrected chi connectivity index (χ0v) is 13.6. The summed E-state index contributed by atoms with van der Waals surface area (Å²) in [5.41, 5.74) is 0.922. The van der Waals surface area contributed by atoms with Crippen molar-refractivity contribution in [3.63, 3.8) is 0 Å². The minimum Gasteiger partial charge on any atom is -0.396 e. The fourth-order valence-electron chi connectivity index (χ4n) is 2.79. The molecule has 2 aliphatic rings. The zero-order chi connectivity index (χ0) is 15.7. The number of rotatable bonds is 4. The second-order valence-electron chi connectivity index (χ2n) is 6.30. The van der Waals surface area contributed by atoms with Crippen molar-refractivity contribution in [2.45, 2.75) is 32.6 Å². The number of piperidine rings is 1. The molecule has 0 unspecified atom stereocenters. The Kier molecular flexibility index (Phi) is 4.49. The molecule has 1 aliphatic heterocycles. The van der Waals surface area contributed by atoms with E-state index >= 15 is 0 Å². The molecule has 5 nitrogen and oxygen atoms in total. The summed E-state index contributed by atoms with van der Waals surface area (Å²) in [6.45, 7) is 3.52. The van der Waals surface area contributed by atoms with E-state index in [4.69, 9.17) is 0 Å². The molecule has 120 valence electrons. The van der Waals surface area contributed by atoms with Crippen LogP contribution in [0, 0.1) is 18.8 Å². The number of carbonyl (C=O) groups is 2. The van der Waals surface area contributed by atoms with Gasteiger partial charge in [0.15, 0.2) is 0 Å². The van der Waals surface area contributed by atoms with Crippen LogP contribution >= 0.6 is 11.3 Å². The van der Waals surface area contributed by atoms with E-state index in [1.165, 1.54) is 11.3 Å². The van der Waals surface area contributed by atoms with Crippen LogP contribution in [0.4, 0.5) is 5.00 Å². The Morgan fingerprint density at radius 2 is 2.00 bits per heavy atom. The lowest BCUT2D eigenvalue weighted by Gasteiger charge is -2.31. The van der Waals surface area contributed by atoms with Crippen LogP contribution in [-0.2, 0) is 4.79 Å². The fourth-order valence-corrected chi connectivity index (χ4v) is 3.83. The van der Waals surface area contributed by atoms with Crippen molar-refractivity contribution >= 4 is 28.2 Å². The molecule has 6 heteroatoms. The molecule has 2 N–H and O–H groups in total. The molecule has 0 spiro atoms. The van der Waals surface area contributed by atoms with Crippen molar-refractivity contribution in [3.05, 3.63) is 16.5 Å². The van der Waals surface area contributed by atoms with Gasteiger partial charge in [0, 0.05) is 25.6 Å². The first-order chi connectivity index (χ1) is 10.6. The van der Waals surface area contributed by atoms with Crippen molar-refractivity contribution < 1.29 is 14.7 Å². The third-order valence-corrected chi connectivity index (χ3v) is 5.61. The molecule has 0 bridgehead atoms. The van der Waals surface area contributed by atoms with Crippen LogP contribution in [0.3, 0.4) is 0 Å². The molecule has 1 aromatic rings. The Bertz CT molecular complexity index is 572. The van der Waals surface area contributed by atoms with Crippen LogP contribution in [0.5, 0.6) is 0 Å². The quantitative estimate of drug-likeness (QED) is 0.893. The van der Waals surface area contributed by atoms with Crippen LogP contribution in [0.1, 0.15) is 40.9 Å². The molecule has 1 saturated carbocycles. The standard InChI is InChI=1S/C16H22N2O3S/c1-10-8-13(17-15(20)12-2-3-12)22-14(10)16(21)18-6-4-11(9-19)5-7-18/h8,11-12,19H,2-7,9H2,1H3,(H,17,20). The number of nitrogens with zero attached hydrogens (tertiary/aromatic N) is 1. The highest BCUT2D eigenvalue weighted by Crippen LogP contribution is 2.33. The summed E-state index contributed by atoms with van der Waals surface area (Å²) >= 11 is 1.37. The maximum Gasteiger partial charge on any atom is 0.264 e. The van der Waals surface area contributed by atoms with Gasteiger partial charge in [-0.3, -0.25) is 9.59 Å². The molecule has 2 fully saturated rings. The van der Waals surface area contributed by atoms with Gasteiger partial charge in [-0.15, -0.1) is 11.3 Å². The average Bonchev–Trinajstić information content (AvgIpc) is 3.31. The van der Waals surface area contributed by atoms with E-state index in [2.05, 4.69) is 5.32 Å². The third-order valence-electron chi connectivity index (χ3n) is 4.47. The first kappa shape index (κ1) is 15.5. The third kappa shape index (κ3) is 3.33. The van der Waals surface area contributed by atoms with E-state index in [9.17, 15) is 14.7 Å². The highest BCUT2D eigenvalue weighted by atomic mass is 32.1. The average molecular weight is 322 g/mol. The van der Waals surface area contributed by atoms with Crippen LogP contribution < -0.4 is 5.32 Å².